The molecule has 0 radical (unpaired) electrons. The number of carbonyl (C=O) groups excluding carboxylic acids is 2. The number of aryl methyl sites for hydroxylation is 1. The summed E-state index contributed by atoms with van der Waals surface area (Å²) < 4.78 is 16.2. The molecule has 5 rings (SSSR count). The predicted molar refractivity (Wildman–Crippen MR) is 159 cm³/mol. The summed E-state index contributed by atoms with van der Waals surface area (Å²) in [6.45, 7) is 6.02. The van der Waals surface area contributed by atoms with Crippen LogP contribution in [0.15, 0.2) is 30.5 Å². The van der Waals surface area contributed by atoms with Gasteiger partial charge in [-0.25, -0.2) is 14.2 Å². The summed E-state index contributed by atoms with van der Waals surface area (Å²) >= 11 is 0. The van der Waals surface area contributed by atoms with Gasteiger partial charge in [0.15, 0.2) is 5.82 Å². The molecule has 37 heavy (non-hydrogen) atoms. The van der Waals surface area contributed by atoms with E-state index in [0.29, 0.717) is 23.8 Å². The van der Waals surface area contributed by atoms with Crippen molar-refractivity contribution in [2.75, 3.05) is 18.4 Å². The van der Waals surface area contributed by atoms with E-state index in [0.717, 1.165) is 35.3 Å². The van der Waals surface area contributed by atoms with Crippen molar-refractivity contribution in [2.24, 2.45) is 7.05 Å². The van der Waals surface area contributed by atoms with Crippen molar-refractivity contribution in [3.05, 3.63) is 42.0 Å². The molecule has 0 spiro atoms. The molecule has 3 heterocycles. The maximum Gasteiger partial charge on any atom is 0.317 e. The van der Waals surface area contributed by atoms with Crippen LogP contribution in [0.3, 0.4) is 0 Å². The first-order chi connectivity index (χ1) is 17.4. The standard InChI is InChI=1S/C17H17FN4O.C10H18N2O.HI.2H2/c1-10(2)17-13-6-12(7-14(18)16(13)21-22(17)3)11-4-5-19-15(8-11)20-9-23;13-10(12-7-4-8-12)11-9-5-2-1-3-6-9;;;/h4-10H,1-3H3,(H,19,20,23);9H,1-8H2,(H,11,13);3*1H. The number of rotatable bonds is 5. The third-order valence-electron chi connectivity index (χ3n) is 6.86. The number of hydrogen-bond donors (Lipinski definition) is 2. The molecule has 3 amide bonds. The molecule has 0 unspecified atom stereocenters. The summed E-state index contributed by atoms with van der Waals surface area (Å²) in [4.78, 5) is 28.0. The summed E-state index contributed by atoms with van der Waals surface area (Å²) in [6.07, 6.45) is 9.59. The molecule has 2 aliphatic rings. The third-order valence-corrected chi connectivity index (χ3v) is 6.86. The van der Waals surface area contributed by atoms with E-state index in [1.165, 1.54) is 44.6 Å². The van der Waals surface area contributed by atoms with E-state index in [1.807, 2.05) is 18.0 Å². The lowest BCUT2D eigenvalue weighted by Crippen LogP contribution is -2.50. The van der Waals surface area contributed by atoms with Crippen LogP contribution >= 0.6 is 24.0 Å². The van der Waals surface area contributed by atoms with Crippen LogP contribution in [0.5, 0.6) is 0 Å². The number of aromatic nitrogens is 3. The topological polar surface area (TPSA) is 92.1 Å². The van der Waals surface area contributed by atoms with Gasteiger partial charge < -0.3 is 15.5 Å². The molecule has 8 nitrogen and oxygen atoms in total. The van der Waals surface area contributed by atoms with Crippen molar-refractivity contribution < 1.29 is 16.8 Å². The number of fused-ring (bicyclic) bond motifs is 1. The van der Waals surface area contributed by atoms with Crippen LogP contribution in [0.25, 0.3) is 22.0 Å². The van der Waals surface area contributed by atoms with Crippen LogP contribution in [0, 0.1) is 5.82 Å². The number of benzene rings is 1. The van der Waals surface area contributed by atoms with Crippen molar-refractivity contribution in [3.8, 4) is 11.1 Å². The number of anilines is 1. The number of nitrogens with zero attached hydrogens (tertiary/aromatic N) is 4. The molecule has 204 valence electrons. The minimum atomic E-state index is -0.360. The van der Waals surface area contributed by atoms with Gasteiger partial charge in [-0.15, -0.1) is 24.0 Å². The molecule has 3 aromatic rings. The Balaban J connectivity index is 0.000000410. The van der Waals surface area contributed by atoms with Gasteiger partial charge in [-0.2, -0.15) is 5.10 Å². The molecule has 2 fully saturated rings. The number of urea groups is 1. The molecule has 0 atom stereocenters. The zero-order valence-corrected chi connectivity index (χ0v) is 24.0. The van der Waals surface area contributed by atoms with E-state index in [2.05, 4.69) is 34.6 Å². The Hall–Kier alpha value is -2.76. The summed E-state index contributed by atoms with van der Waals surface area (Å²) in [7, 11) is 1.83. The summed E-state index contributed by atoms with van der Waals surface area (Å²) in [5.41, 5.74) is 2.87. The zero-order chi connectivity index (χ0) is 25.7. The Labute approximate surface area is 237 Å². The maximum atomic E-state index is 14.5. The Kier molecular flexibility index (Phi) is 10.2. The van der Waals surface area contributed by atoms with Crippen molar-refractivity contribution in [1.82, 2.24) is 25.0 Å². The first-order valence-corrected chi connectivity index (χ1v) is 12.8. The monoisotopic (exact) mass is 626 g/mol. The molecule has 1 saturated carbocycles. The summed E-state index contributed by atoms with van der Waals surface area (Å²) in [5, 5.41) is 10.7. The van der Waals surface area contributed by atoms with Gasteiger partial charge in [0, 0.05) is 46.3 Å². The quantitative estimate of drug-likeness (QED) is 0.257. The average molecular weight is 627 g/mol. The third kappa shape index (κ3) is 6.97. The van der Waals surface area contributed by atoms with Crippen molar-refractivity contribution in [1.29, 1.82) is 0 Å². The van der Waals surface area contributed by atoms with Crippen LogP contribution in [-0.4, -0.2) is 51.2 Å². The van der Waals surface area contributed by atoms with Crippen molar-refractivity contribution in [2.45, 2.75) is 64.3 Å². The fourth-order valence-electron chi connectivity index (χ4n) is 4.91. The molecular weight excluding hydrogens is 586 g/mol. The minimum absolute atomic E-state index is 0. The number of carbonyl (C=O) groups is 2. The Morgan fingerprint density at radius 1 is 1.14 bits per heavy atom. The van der Waals surface area contributed by atoms with E-state index in [-0.39, 0.29) is 44.6 Å². The van der Waals surface area contributed by atoms with Crippen LogP contribution in [-0.2, 0) is 11.8 Å². The smallest absolute Gasteiger partial charge is 0.317 e. The Morgan fingerprint density at radius 3 is 2.49 bits per heavy atom. The molecule has 2 N–H and O–H groups in total. The van der Waals surface area contributed by atoms with Gasteiger partial charge in [0.2, 0.25) is 6.41 Å². The van der Waals surface area contributed by atoms with Gasteiger partial charge in [0.1, 0.15) is 11.3 Å². The van der Waals surface area contributed by atoms with Gasteiger partial charge in [-0.3, -0.25) is 9.48 Å². The lowest BCUT2D eigenvalue weighted by Gasteiger charge is -2.33. The van der Waals surface area contributed by atoms with E-state index < -0.39 is 0 Å². The molecule has 1 aliphatic carbocycles. The van der Waals surface area contributed by atoms with Gasteiger partial charge >= 0.3 is 6.03 Å². The molecule has 2 aromatic heterocycles. The summed E-state index contributed by atoms with van der Waals surface area (Å²) in [6, 6.07) is 7.50. The minimum Gasteiger partial charge on any atom is -0.335 e. The Bertz CT molecular complexity index is 1230. The number of amides is 3. The van der Waals surface area contributed by atoms with E-state index in [9.17, 15) is 14.0 Å². The van der Waals surface area contributed by atoms with Gasteiger partial charge in [-0.1, -0.05) is 33.1 Å². The predicted octanol–water partition coefficient (Wildman–Crippen LogP) is 6.31. The molecule has 1 aliphatic heterocycles. The first kappa shape index (κ1) is 28.8. The highest BCUT2D eigenvalue weighted by atomic mass is 127. The fourth-order valence-corrected chi connectivity index (χ4v) is 4.91. The number of halogens is 2. The van der Waals surface area contributed by atoms with Crippen LogP contribution < -0.4 is 10.6 Å². The van der Waals surface area contributed by atoms with Gasteiger partial charge in [0.25, 0.3) is 0 Å². The maximum absolute atomic E-state index is 14.5. The average Bonchev–Trinajstić information content (AvgIpc) is 3.16. The number of likely N-dealkylation sites (tertiary alicyclic amines) is 1. The molecular formula is C27H40FIN6O2. The number of nitrogens with one attached hydrogen (secondary N) is 2. The number of pyridine rings is 1. The second-order valence-electron chi connectivity index (χ2n) is 9.83. The second kappa shape index (κ2) is 13.2. The molecule has 1 aromatic carbocycles. The van der Waals surface area contributed by atoms with E-state index >= 15 is 0 Å². The second-order valence-corrected chi connectivity index (χ2v) is 9.83. The van der Waals surface area contributed by atoms with Gasteiger partial charge in [-0.05, 0) is 60.6 Å². The first-order valence-electron chi connectivity index (χ1n) is 12.8. The van der Waals surface area contributed by atoms with Crippen LogP contribution in [0.1, 0.15) is 66.8 Å². The molecule has 10 heteroatoms. The number of hydrogen-bond acceptors (Lipinski definition) is 4. The normalized spacial score (nSPS) is 15.3. The van der Waals surface area contributed by atoms with Crippen molar-refractivity contribution in [3.63, 3.8) is 0 Å². The highest BCUT2D eigenvalue weighted by Crippen LogP contribution is 2.32. The van der Waals surface area contributed by atoms with E-state index in [1.54, 1.807) is 23.0 Å². The molecule has 1 saturated heterocycles. The molecule has 0 bridgehead atoms. The van der Waals surface area contributed by atoms with Crippen molar-refractivity contribution >= 4 is 53.1 Å². The highest BCUT2D eigenvalue weighted by Gasteiger charge is 2.23. The zero-order valence-electron chi connectivity index (χ0n) is 21.7. The fraction of sp³-hybridized carbons (Fsp3) is 0.481. The van der Waals surface area contributed by atoms with Crippen LogP contribution in [0.2, 0.25) is 0 Å². The van der Waals surface area contributed by atoms with Gasteiger partial charge in [0.05, 0.1) is 0 Å². The highest BCUT2D eigenvalue weighted by molar-refractivity contribution is 14.0. The van der Waals surface area contributed by atoms with E-state index in [4.69, 9.17) is 0 Å². The van der Waals surface area contributed by atoms with Crippen LogP contribution in [0.4, 0.5) is 15.0 Å². The SMILES string of the molecule is CC(C)c1c2cc(-c3ccnc(NC=O)c3)cc(F)c2nn1C.I.O=C(NC1CCCCC1)N1CCC1.[HH].[HH]. The Morgan fingerprint density at radius 2 is 1.86 bits per heavy atom. The largest absolute Gasteiger partial charge is 0.335 e. The lowest BCUT2D eigenvalue weighted by molar-refractivity contribution is -0.105. The lowest BCUT2D eigenvalue weighted by atomic mass is 9.96. The summed E-state index contributed by atoms with van der Waals surface area (Å²) in [5.74, 6) is 0.291.